The quantitative estimate of drug-likeness (QED) is 0.590. The van der Waals surface area contributed by atoms with Crippen LogP contribution < -0.4 is 11.1 Å². The molecular formula is C12H20N2O4S2. The zero-order valence-electron chi connectivity index (χ0n) is 11.9. The predicted molar refractivity (Wildman–Crippen MR) is 81.2 cm³/mol. The highest BCUT2D eigenvalue weighted by molar-refractivity contribution is 7.91. The van der Waals surface area contributed by atoms with Crippen molar-refractivity contribution >= 4 is 37.8 Å². The maximum Gasteiger partial charge on any atom is 0.350 e. The number of anilines is 2. The summed E-state index contributed by atoms with van der Waals surface area (Å²) in [4.78, 5) is 11.7. The standard InChI is InChI=1S/C12H20N2O4S2/c1-4-5-6-7-14-11-10(20(3,16)17)8(13)9(19-11)12(15)18-2/h14H,4-7,13H2,1-3H3. The van der Waals surface area contributed by atoms with Gasteiger partial charge in [0, 0.05) is 12.8 Å². The number of nitrogens with one attached hydrogen (secondary N) is 1. The van der Waals surface area contributed by atoms with Crippen LogP contribution in [0.3, 0.4) is 0 Å². The van der Waals surface area contributed by atoms with Gasteiger partial charge in [0.05, 0.1) is 12.8 Å². The highest BCUT2D eigenvalue weighted by Gasteiger charge is 2.27. The SMILES string of the molecule is CCCCCNc1sc(C(=O)OC)c(N)c1S(C)(=O)=O. The molecule has 114 valence electrons. The molecule has 0 amide bonds. The summed E-state index contributed by atoms with van der Waals surface area (Å²) in [5.41, 5.74) is 5.75. The number of esters is 1. The molecule has 0 bridgehead atoms. The molecule has 1 aromatic heterocycles. The lowest BCUT2D eigenvalue weighted by atomic mass is 10.2. The van der Waals surface area contributed by atoms with Crippen LogP contribution in [0.4, 0.5) is 10.7 Å². The number of ether oxygens (including phenoxy) is 1. The molecule has 3 N–H and O–H groups in total. The summed E-state index contributed by atoms with van der Waals surface area (Å²) >= 11 is 1.01. The minimum absolute atomic E-state index is 0.0144. The van der Waals surface area contributed by atoms with E-state index in [-0.39, 0.29) is 15.5 Å². The van der Waals surface area contributed by atoms with Gasteiger partial charge in [-0.05, 0) is 6.42 Å². The maximum atomic E-state index is 11.8. The van der Waals surface area contributed by atoms with E-state index < -0.39 is 15.8 Å². The fourth-order valence-corrected chi connectivity index (χ4v) is 4.25. The molecule has 0 unspecified atom stereocenters. The molecule has 1 heterocycles. The van der Waals surface area contributed by atoms with E-state index in [1.165, 1.54) is 7.11 Å². The summed E-state index contributed by atoms with van der Waals surface area (Å²) in [6, 6.07) is 0. The van der Waals surface area contributed by atoms with Gasteiger partial charge in [-0.1, -0.05) is 19.8 Å². The predicted octanol–water partition coefficient (Wildman–Crippen LogP) is 2.12. The topological polar surface area (TPSA) is 98.5 Å². The number of thiophene rings is 1. The van der Waals surface area contributed by atoms with Gasteiger partial charge in [-0.25, -0.2) is 13.2 Å². The highest BCUT2D eigenvalue weighted by Crippen LogP contribution is 2.39. The van der Waals surface area contributed by atoms with Crippen LogP contribution in [0, 0.1) is 0 Å². The number of unbranched alkanes of at least 4 members (excludes halogenated alkanes) is 2. The smallest absolute Gasteiger partial charge is 0.350 e. The fourth-order valence-electron chi connectivity index (χ4n) is 1.73. The molecule has 0 atom stereocenters. The van der Waals surface area contributed by atoms with Gasteiger partial charge in [0.2, 0.25) is 0 Å². The van der Waals surface area contributed by atoms with Crippen molar-refractivity contribution in [3.8, 4) is 0 Å². The number of nitrogen functional groups attached to an aromatic ring is 1. The van der Waals surface area contributed by atoms with E-state index in [0.29, 0.717) is 11.5 Å². The first-order valence-electron chi connectivity index (χ1n) is 6.27. The van der Waals surface area contributed by atoms with Crippen LogP contribution in [-0.4, -0.2) is 34.3 Å². The summed E-state index contributed by atoms with van der Waals surface area (Å²) in [6.07, 6.45) is 4.11. The maximum absolute atomic E-state index is 11.8. The van der Waals surface area contributed by atoms with Crippen molar-refractivity contribution in [3.63, 3.8) is 0 Å². The lowest BCUT2D eigenvalue weighted by Crippen LogP contribution is -2.07. The Morgan fingerprint density at radius 3 is 2.55 bits per heavy atom. The molecule has 6 nitrogen and oxygen atoms in total. The van der Waals surface area contributed by atoms with Gasteiger partial charge in [0.15, 0.2) is 9.84 Å². The van der Waals surface area contributed by atoms with Crippen molar-refractivity contribution in [2.24, 2.45) is 0 Å². The Kier molecular flexibility index (Phi) is 5.82. The number of carbonyl (C=O) groups is 1. The van der Waals surface area contributed by atoms with Crippen LogP contribution in [0.15, 0.2) is 4.90 Å². The van der Waals surface area contributed by atoms with Gasteiger partial charge >= 0.3 is 5.97 Å². The highest BCUT2D eigenvalue weighted by atomic mass is 32.2. The number of carbonyl (C=O) groups excluding carboxylic acids is 1. The van der Waals surface area contributed by atoms with Gasteiger partial charge < -0.3 is 15.8 Å². The van der Waals surface area contributed by atoms with Crippen molar-refractivity contribution in [2.45, 2.75) is 31.1 Å². The number of nitrogens with two attached hydrogens (primary N) is 1. The van der Waals surface area contributed by atoms with Crippen LogP contribution in [0.25, 0.3) is 0 Å². The summed E-state index contributed by atoms with van der Waals surface area (Å²) in [5.74, 6) is -0.626. The average Bonchev–Trinajstić information content (AvgIpc) is 2.70. The molecule has 8 heteroatoms. The number of hydrogen-bond donors (Lipinski definition) is 2. The van der Waals surface area contributed by atoms with E-state index >= 15 is 0 Å². The van der Waals surface area contributed by atoms with E-state index in [0.717, 1.165) is 36.9 Å². The summed E-state index contributed by atoms with van der Waals surface area (Å²) in [6.45, 7) is 2.72. The molecule has 0 aliphatic heterocycles. The van der Waals surface area contributed by atoms with Gasteiger partial charge in [0.1, 0.15) is 14.8 Å². The van der Waals surface area contributed by atoms with Crippen LogP contribution in [0.5, 0.6) is 0 Å². The van der Waals surface area contributed by atoms with E-state index in [1.54, 1.807) is 0 Å². The lowest BCUT2D eigenvalue weighted by Gasteiger charge is -2.06. The molecule has 0 radical (unpaired) electrons. The molecule has 0 aliphatic rings. The molecular weight excluding hydrogens is 300 g/mol. The normalized spacial score (nSPS) is 11.3. The first-order chi connectivity index (χ1) is 9.32. The minimum Gasteiger partial charge on any atom is -0.465 e. The van der Waals surface area contributed by atoms with Crippen LogP contribution in [0.2, 0.25) is 0 Å². The Morgan fingerprint density at radius 1 is 1.40 bits per heavy atom. The van der Waals surface area contributed by atoms with Crippen molar-refractivity contribution in [1.29, 1.82) is 0 Å². The Balaban J connectivity index is 3.11. The second-order valence-electron chi connectivity index (χ2n) is 4.40. The van der Waals surface area contributed by atoms with Crippen molar-refractivity contribution in [2.75, 3.05) is 31.0 Å². The molecule has 0 aromatic carbocycles. The third-order valence-electron chi connectivity index (χ3n) is 2.71. The Hall–Kier alpha value is -1.28. The van der Waals surface area contributed by atoms with E-state index in [4.69, 9.17) is 5.73 Å². The first kappa shape index (κ1) is 16.8. The monoisotopic (exact) mass is 320 g/mol. The molecule has 0 aliphatic carbocycles. The van der Waals surface area contributed by atoms with E-state index in [2.05, 4.69) is 17.0 Å². The van der Waals surface area contributed by atoms with Crippen molar-refractivity contribution in [1.82, 2.24) is 0 Å². The molecule has 0 spiro atoms. The Labute approximate surface area is 123 Å². The minimum atomic E-state index is -3.51. The first-order valence-corrected chi connectivity index (χ1v) is 8.98. The zero-order valence-corrected chi connectivity index (χ0v) is 13.5. The lowest BCUT2D eigenvalue weighted by molar-refractivity contribution is 0.0607. The molecule has 0 fully saturated rings. The van der Waals surface area contributed by atoms with Crippen LogP contribution in [-0.2, 0) is 14.6 Å². The molecule has 1 aromatic rings. The molecule has 0 saturated carbocycles. The van der Waals surface area contributed by atoms with Crippen molar-refractivity contribution in [3.05, 3.63) is 4.88 Å². The van der Waals surface area contributed by atoms with Gasteiger partial charge in [-0.3, -0.25) is 0 Å². The number of rotatable bonds is 7. The van der Waals surface area contributed by atoms with Crippen LogP contribution >= 0.6 is 11.3 Å². The molecule has 20 heavy (non-hydrogen) atoms. The number of methoxy groups -OCH3 is 1. The Morgan fingerprint density at radius 2 is 2.05 bits per heavy atom. The van der Waals surface area contributed by atoms with Gasteiger partial charge in [-0.2, -0.15) is 0 Å². The molecule has 0 saturated heterocycles. The van der Waals surface area contributed by atoms with Crippen LogP contribution in [0.1, 0.15) is 35.9 Å². The molecule has 1 rings (SSSR count). The summed E-state index contributed by atoms with van der Waals surface area (Å²) in [7, 11) is -2.28. The largest absolute Gasteiger partial charge is 0.465 e. The summed E-state index contributed by atoms with van der Waals surface area (Å²) in [5, 5.41) is 3.45. The van der Waals surface area contributed by atoms with Gasteiger partial charge in [0.25, 0.3) is 0 Å². The summed E-state index contributed by atoms with van der Waals surface area (Å²) < 4.78 is 28.3. The number of hydrogen-bond acceptors (Lipinski definition) is 7. The van der Waals surface area contributed by atoms with Gasteiger partial charge in [-0.15, -0.1) is 11.3 Å². The second kappa shape index (κ2) is 6.94. The fraction of sp³-hybridized carbons (Fsp3) is 0.583. The van der Waals surface area contributed by atoms with E-state index in [1.807, 2.05) is 0 Å². The number of sulfone groups is 1. The van der Waals surface area contributed by atoms with Crippen molar-refractivity contribution < 1.29 is 17.9 Å². The Bertz CT molecular complexity index is 579. The third-order valence-corrected chi connectivity index (χ3v) is 5.15. The zero-order chi connectivity index (χ0) is 15.3. The second-order valence-corrected chi connectivity index (χ2v) is 7.37. The average molecular weight is 320 g/mol. The third kappa shape index (κ3) is 3.86. The van der Waals surface area contributed by atoms with E-state index in [9.17, 15) is 13.2 Å².